The van der Waals surface area contributed by atoms with Crippen molar-refractivity contribution < 1.29 is 13.5 Å². The summed E-state index contributed by atoms with van der Waals surface area (Å²) in [6.45, 7) is 6.31. The van der Waals surface area contributed by atoms with E-state index in [1.807, 2.05) is 14.0 Å². The summed E-state index contributed by atoms with van der Waals surface area (Å²) in [7, 11) is 3.71. The highest BCUT2D eigenvalue weighted by Crippen LogP contribution is 2.20. The van der Waals surface area contributed by atoms with Crippen molar-refractivity contribution in [1.82, 2.24) is 10.2 Å². The third kappa shape index (κ3) is 6.08. The van der Waals surface area contributed by atoms with Gasteiger partial charge in [-0.05, 0) is 44.6 Å². The molecule has 2 atom stereocenters. The fraction of sp³-hybridized carbons (Fsp3) is 0.625. The van der Waals surface area contributed by atoms with Crippen LogP contribution in [-0.2, 0) is 4.74 Å². The topological polar surface area (TPSA) is 24.5 Å². The summed E-state index contributed by atoms with van der Waals surface area (Å²) in [5, 5.41) is 3.29. The van der Waals surface area contributed by atoms with Crippen LogP contribution in [0.3, 0.4) is 0 Å². The first-order valence-electron chi connectivity index (χ1n) is 7.36. The van der Waals surface area contributed by atoms with Gasteiger partial charge in [0.05, 0.1) is 6.61 Å². The molecule has 0 aromatic heterocycles. The SMILES string of the molecule is CCNC(CCN(C)C(C)COC)c1cc(F)cc(F)c1. The smallest absolute Gasteiger partial charge is 0.126 e. The van der Waals surface area contributed by atoms with E-state index in [2.05, 4.69) is 17.1 Å². The maximum atomic E-state index is 13.4. The van der Waals surface area contributed by atoms with Crippen molar-refractivity contribution in [3.63, 3.8) is 0 Å². The Labute approximate surface area is 126 Å². The van der Waals surface area contributed by atoms with Crippen LogP contribution in [0.4, 0.5) is 8.78 Å². The van der Waals surface area contributed by atoms with Crippen molar-refractivity contribution in [2.75, 3.05) is 33.9 Å². The lowest BCUT2D eigenvalue weighted by Gasteiger charge is -2.27. The number of ether oxygens (including phenoxy) is 1. The molecule has 1 aromatic rings. The van der Waals surface area contributed by atoms with Gasteiger partial charge in [0.1, 0.15) is 11.6 Å². The number of halogens is 2. The van der Waals surface area contributed by atoms with Gasteiger partial charge in [0.15, 0.2) is 0 Å². The Kier molecular flexibility index (Phi) is 7.78. The van der Waals surface area contributed by atoms with Gasteiger partial charge < -0.3 is 15.0 Å². The molecule has 0 aliphatic heterocycles. The van der Waals surface area contributed by atoms with Crippen molar-refractivity contribution in [3.05, 3.63) is 35.4 Å². The van der Waals surface area contributed by atoms with Crippen LogP contribution < -0.4 is 5.32 Å². The van der Waals surface area contributed by atoms with E-state index < -0.39 is 11.6 Å². The maximum Gasteiger partial charge on any atom is 0.126 e. The molecule has 3 nitrogen and oxygen atoms in total. The van der Waals surface area contributed by atoms with Gasteiger partial charge in [0, 0.05) is 31.8 Å². The Morgan fingerprint density at radius 1 is 1.24 bits per heavy atom. The molecule has 0 radical (unpaired) electrons. The van der Waals surface area contributed by atoms with Crippen LogP contribution in [-0.4, -0.2) is 44.8 Å². The number of benzene rings is 1. The zero-order valence-corrected chi connectivity index (χ0v) is 13.3. The molecule has 21 heavy (non-hydrogen) atoms. The Morgan fingerprint density at radius 3 is 2.38 bits per heavy atom. The molecule has 120 valence electrons. The van der Waals surface area contributed by atoms with Crippen molar-refractivity contribution in [2.45, 2.75) is 32.4 Å². The van der Waals surface area contributed by atoms with E-state index in [-0.39, 0.29) is 6.04 Å². The Balaban J connectivity index is 2.69. The van der Waals surface area contributed by atoms with E-state index in [4.69, 9.17) is 4.74 Å². The van der Waals surface area contributed by atoms with Crippen molar-refractivity contribution in [2.24, 2.45) is 0 Å². The fourth-order valence-electron chi connectivity index (χ4n) is 2.33. The molecule has 0 saturated heterocycles. The molecule has 1 rings (SSSR count). The molecule has 5 heteroatoms. The molecule has 0 amide bonds. The summed E-state index contributed by atoms with van der Waals surface area (Å²) in [6.07, 6.45) is 0.779. The van der Waals surface area contributed by atoms with Crippen molar-refractivity contribution in [1.29, 1.82) is 0 Å². The van der Waals surface area contributed by atoms with E-state index in [0.717, 1.165) is 25.6 Å². The largest absolute Gasteiger partial charge is 0.383 e. The lowest BCUT2D eigenvalue weighted by Crippen LogP contribution is -2.35. The predicted molar refractivity (Wildman–Crippen MR) is 81.4 cm³/mol. The molecule has 0 aliphatic carbocycles. The zero-order chi connectivity index (χ0) is 15.8. The Morgan fingerprint density at radius 2 is 1.86 bits per heavy atom. The van der Waals surface area contributed by atoms with E-state index in [1.165, 1.54) is 12.1 Å². The van der Waals surface area contributed by atoms with E-state index in [9.17, 15) is 8.78 Å². The summed E-state index contributed by atoms with van der Waals surface area (Å²) < 4.78 is 31.9. The second-order valence-corrected chi connectivity index (χ2v) is 5.39. The van der Waals surface area contributed by atoms with Crippen molar-refractivity contribution in [3.8, 4) is 0 Å². The van der Waals surface area contributed by atoms with Gasteiger partial charge in [-0.3, -0.25) is 0 Å². The average molecular weight is 300 g/mol. The van der Waals surface area contributed by atoms with Gasteiger partial charge >= 0.3 is 0 Å². The van der Waals surface area contributed by atoms with Crippen LogP contribution in [0.2, 0.25) is 0 Å². The third-order valence-electron chi connectivity index (χ3n) is 3.67. The van der Waals surface area contributed by atoms with Crippen LogP contribution in [0.1, 0.15) is 31.9 Å². The number of hydrogen-bond acceptors (Lipinski definition) is 3. The average Bonchev–Trinajstić information content (AvgIpc) is 2.42. The first-order chi connectivity index (χ1) is 9.97. The summed E-state index contributed by atoms with van der Waals surface area (Å²) in [5.74, 6) is -1.07. The predicted octanol–water partition coefficient (Wildman–Crippen LogP) is 2.97. The molecule has 1 aromatic carbocycles. The highest BCUT2D eigenvalue weighted by molar-refractivity contribution is 5.21. The maximum absolute atomic E-state index is 13.4. The number of methoxy groups -OCH3 is 1. The normalized spacial score (nSPS) is 14.4. The second-order valence-electron chi connectivity index (χ2n) is 5.39. The summed E-state index contributed by atoms with van der Waals surface area (Å²) in [4.78, 5) is 2.18. The molecule has 0 spiro atoms. The number of hydrogen-bond donors (Lipinski definition) is 1. The third-order valence-corrected chi connectivity index (χ3v) is 3.67. The number of rotatable bonds is 9. The molecule has 0 aliphatic rings. The molecular weight excluding hydrogens is 274 g/mol. The van der Waals surface area contributed by atoms with Gasteiger partial charge in [-0.25, -0.2) is 8.78 Å². The van der Waals surface area contributed by atoms with E-state index in [1.54, 1.807) is 7.11 Å². The molecule has 1 N–H and O–H groups in total. The number of likely N-dealkylation sites (N-methyl/N-ethyl adjacent to an activating group) is 1. The van der Waals surface area contributed by atoms with E-state index in [0.29, 0.717) is 18.2 Å². The minimum atomic E-state index is -0.533. The standard InChI is InChI=1S/C16H26F2N2O/c1-5-19-16(6-7-20(3)12(2)11-21-4)13-8-14(17)10-15(18)9-13/h8-10,12,16,19H,5-7,11H2,1-4H3. The number of nitrogens with zero attached hydrogens (tertiary/aromatic N) is 1. The Bertz CT molecular complexity index is 408. The quantitative estimate of drug-likeness (QED) is 0.759. The van der Waals surface area contributed by atoms with Gasteiger partial charge in [-0.15, -0.1) is 0 Å². The van der Waals surface area contributed by atoms with Crippen LogP contribution in [0.25, 0.3) is 0 Å². The first-order valence-corrected chi connectivity index (χ1v) is 7.36. The van der Waals surface area contributed by atoms with Crippen LogP contribution >= 0.6 is 0 Å². The first kappa shape index (κ1) is 18.0. The van der Waals surface area contributed by atoms with Crippen LogP contribution in [0.5, 0.6) is 0 Å². The second kappa shape index (κ2) is 9.07. The lowest BCUT2D eigenvalue weighted by molar-refractivity contribution is 0.113. The summed E-state index contributed by atoms with van der Waals surface area (Å²) in [6, 6.07) is 3.95. The highest BCUT2D eigenvalue weighted by Gasteiger charge is 2.15. The van der Waals surface area contributed by atoms with Gasteiger partial charge in [-0.1, -0.05) is 6.92 Å². The molecule has 0 bridgehead atoms. The van der Waals surface area contributed by atoms with Crippen LogP contribution in [0.15, 0.2) is 18.2 Å². The molecule has 2 unspecified atom stereocenters. The molecule has 0 fully saturated rings. The van der Waals surface area contributed by atoms with Gasteiger partial charge in [0.25, 0.3) is 0 Å². The fourth-order valence-corrected chi connectivity index (χ4v) is 2.33. The van der Waals surface area contributed by atoms with Gasteiger partial charge in [0.2, 0.25) is 0 Å². The van der Waals surface area contributed by atoms with E-state index >= 15 is 0 Å². The number of nitrogens with one attached hydrogen (secondary N) is 1. The lowest BCUT2D eigenvalue weighted by atomic mass is 10.0. The minimum Gasteiger partial charge on any atom is -0.383 e. The molecular formula is C16H26F2N2O. The summed E-state index contributed by atoms with van der Waals surface area (Å²) >= 11 is 0. The van der Waals surface area contributed by atoms with Crippen molar-refractivity contribution >= 4 is 0 Å². The van der Waals surface area contributed by atoms with Gasteiger partial charge in [-0.2, -0.15) is 0 Å². The van der Waals surface area contributed by atoms with Crippen LogP contribution in [0, 0.1) is 11.6 Å². The Hall–Kier alpha value is -1.04. The summed E-state index contributed by atoms with van der Waals surface area (Å²) in [5.41, 5.74) is 0.655. The monoisotopic (exact) mass is 300 g/mol. The highest BCUT2D eigenvalue weighted by atomic mass is 19.1. The molecule has 0 saturated carbocycles. The minimum absolute atomic E-state index is 0.0580. The zero-order valence-electron chi connectivity index (χ0n) is 13.3. The molecule has 0 heterocycles.